The molecule has 0 spiro atoms. The number of thiophene rings is 3. The molecule has 3 aliphatic rings. The largest absolute Gasteiger partial charge is 0.255 e. The zero-order valence-electron chi connectivity index (χ0n) is 77.9. The summed E-state index contributed by atoms with van der Waals surface area (Å²) < 4.78 is 0. The number of unbranched alkanes of at least 4 members (excludes halogenated alkanes) is 18. The molecular formula is C120H123N9S3. The van der Waals surface area contributed by atoms with Crippen LogP contribution in [0.3, 0.4) is 0 Å². The lowest BCUT2D eigenvalue weighted by Gasteiger charge is -2.40. The second kappa shape index (κ2) is 41.2. The third-order valence-corrected chi connectivity index (χ3v) is 32.2. The molecule has 0 bridgehead atoms. The van der Waals surface area contributed by atoms with E-state index >= 15 is 0 Å². The van der Waals surface area contributed by atoms with Gasteiger partial charge in [-0.15, -0.1) is 34.0 Å². The van der Waals surface area contributed by atoms with Crippen molar-refractivity contribution in [2.45, 2.75) is 250 Å². The molecule has 0 aliphatic heterocycles. The summed E-state index contributed by atoms with van der Waals surface area (Å²) in [6, 6.07) is 88.8. The maximum Gasteiger partial charge on any atom is 0.0900 e. The number of hydrogen-bond donors (Lipinski definition) is 0. The standard InChI is InChI=1S/C120H123N9S3/c1-7-13-19-31-61-118(62-32-20-14-8-2)91-73-82(106-55-58-109(130-106)85-76-100(94-43-25-37-67-121-94)127-101(77-85)95-44-26-38-68-122-95)49-52-88(91)112-115(118)113-89-53-50-83(107-56-59-110(131-107)86-78-102(96-45-27-39-69-123-96)128-103(79-86)97-46-28-40-70-124-97)74-92(89)119(63-33-21-15-9-3,64-34-22-16-10-4)117(113)114-90-54-51-84(75-93(90)120(116(112)114,65-35-23-17-11-5)66-36-24-18-12-6)108-57-60-111(132-108)87-80-104(98-47-29-41-71-125-98)129-105(81-87)99-48-30-42-72-126-99/h25-30,37-60,67-81H,7-24,31-36,61-66H2,1-6H3. The van der Waals surface area contributed by atoms with E-state index in [0.717, 1.165) is 162 Å². The van der Waals surface area contributed by atoms with Crippen LogP contribution < -0.4 is 0 Å². The number of hydrogen-bond acceptors (Lipinski definition) is 12. The van der Waals surface area contributed by atoms with Gasteiger partial charge in [-0.1, -0.05) is 268 Å². The van der Waals surface area contributed by atoms with E-state index in [1.807, 2.05) is 108 Å². The molecule has 132 heavy (non-hydrogen) atoms. The molecule has 0 saturated carbocycles. The van der Waals surface area contributed by atoms with Gasteiger partial charge in [0.1, 0.15) is 0 Å². The van der Waals surface area contributed by atoms with Gasteiger partial charge in [0.25, 0.3) is 0 Å². The van der Waals surface area contributed by atoms with E-state index in [-0.39, 0.29) is 16.2 Å². The molecule has 12 heteroatoms. The Kier molecular flexibility index (Phi) is 28.0. The smallest absolute Gasteiger partial charge is 0.0900 e. The van der Waals surface area contributed by atoms with E-state index < -0.39 is 0 Å². The molecule has 0 N–H and O–H groups in total. The third-order valence-electron chi connectivity index (χ3n) is 28.7. The zero-order valence-corrected chi connectivity index (χ0v) is 80.4. The summed E-state index contributed by atoms with van der Waals surface area (Å²) >= 11 is 5.73. The SMILES string of the molecule is CCCCCCC1(CCCCCC)c2cc(-c3ccc(-c4cc(-c5ccccn5)nc(-c5ccccn5)c4)s3)ccc2-c2c1c1c(c3c2C(CCCCCC)(CCCCCC)c2cc(-c4ccc(-c5cc(-c6ccccn6)nc(-c6ccccn6)c5)s4)ccc2-3)C(CCCCCC)(CCCCCC)c2cc(-c3ccc(-c4cc(-c5ccccn5)nc(-c5ccccn5)c4)s3)ccc2-1. The maximum atomic E-state index is 5.27. The Labute approximate surface area is 794 Å². The maximum absolute atomic E-state index is 5.27. The summed E-state index contributed by atoms with van der Waals surface area (Å²) in [6.45, 7) is 14.4. The number of rotatable bonds is 42. The van der Waals surface area contributed by atoms with Gasteiger partial charge in [0.15, 0.2) is 0 Å². The molecule has 0 unspecified atom stereocenters. The van der Waals surface area contributed by atoms with Crippen LogP contribution in [0.25, 0.3) is 164 Å². The highest BCUT2D eigenvalue weighted by Crippen LogP contribution is 2.72. The van der Waals surface area contributed by atoms with E-state index in [9.17, 15) is 0 Å². The van der Waals surface area contributed by atoms with Crippen LogP contribution in [0.15, 0.2) is 274 Å². The van der Waals surface area contributed by atoms with E-state index in [1.165, 1.54) is 178 Å². The first-order valence-corrected chi connectivity index (χ1v) is 52.2. The van der Waals surface area contributed by atoms with Crippen molar-refractivity contribution in [3.05, 3.63) is 307 Å². The first kappa shape index (κ1) is 89.5. The lowest BCUT2D eigenvalue weighted by molar-refractivity contribution is 0.389. The van der Waals surface area contributed by atoms with Crippen molar-refractivity contribution in [3.63, 3.8) is 0 Å². The van der Waals surface area contributed by atoms with E-state index in [1.54, 1.807) is 50.1 Å². The van der Waals surface area contributed by atoms with Gasteiger partial charge in [-0.05, 0) is 302 Å². The van der Waals surface area contributed by atoms with Crippen molar-refractivity contribution in [2.24, 2.45) is 0 Å². The number of fused-ring (bicyclic) bond motifs is 12. The van der Waals surface area contributed by atoms with Gasteiger partial charge in [-0.25, -0.2) is 15.0 Å². The fourth-order valence-electron chi connectivity index (χ4n) is 22.2. The van der Waals surface area contributed by atoms with Crippen molar-refractivity contribution >= 4 is 34.0 Å². The Hall–Kier alpha value is -11.7. The van der Waals surface area contributed by atoms with Gasteiger partial charge >= 0.3 is 0 Å². The highest BCUT2D eigenvalue weighted by Gasteiger charge is 2.58. The fourth-order valence-corrected chi connectivity index (χ4v) is 25.2. The van der Waals surface area contributed by atoms with Crippen LogP contribution >= 0.6 is 34.0 Å². The molecule has 0 amide bonds. The van der Waals surface area contributed by atoms with Crippen molar-refractivity contribution in [1.82, 2.24) is 44.9 Å². The van der Waals surface area contributed by atoms with Crippen LogP contribution in [-0.4, -0.2) is 44.9 Å². The Balaban J connectivity index is 0.881. The average Bonchev–Trinajstić information content (AvgIpc) is 1.48. The Morgan fingerprint density at radius 1 is 0.197 bits per heavy atom. The second-order valence-corrected chi connectivity index (χ2v) is 40.6. The molecule has 4 aromatic carbocycles. The number of pyridine rings is 9. The quantitative estimate of drug-likeness (QED) is 0.0345. The van der Waals surface area contributed by atoms with Crippen LogP contribution in [0.4, 0.5) is 0 Å². The molecule has 0 fully saturated rings. The summed E-state index contributed by atoms with van der Waals surface area (Å²) in [5, 5.41) is 0. The van der Waals surface area contributed by atoms with Gasteiger partial charge in [0.05, 0.1) is 68.3 Å². The van der Waals surface area contributed by atoms with Crippen molar-refractivity contribution in [3.8, 4) is 164 Å². The summed E-state index contributed by atoms with van der Waals surface area (Å²) in [5.41, 5.74) is 35.4. The van der Waals surface area contributed by atoms with Gasteiger partial charge in [0, 0.05) is 82.7 Å². The summed E-state index contributed by atoms with van der Waals surface area (Å²) in [7, 11) is 0. The lowest BCUT2D eigenvalue weighted by Crippen LogP contribution is -2.31. The highest BCUT2D eigenvalue weighted by molar-refractivity contribution is 7.19. The molecule has 16 aromatic rings. The van der Waals surface area contributed by atoms with Crippen molar-refractivity contribution in [2.75, 3.05) is 0 Å². The predicted octanol–water partition coefficient (Wildman–Crippen LogP) is 35.1. The normalized spacial score (nSPS) is 13.4. The van der Waals surface area contributed by atoms with Crippen molar-refractivity contribution < 1.29 is 0 Å². The van der Waals surface area contributed by atoms with Gasteiger partial charge in [-0.3, -0.25) is 29.9 Å². The second-order valence-electron chi connectivity index (χ2n) is 37.3. The topological polar surface area (TPSA) is 116 Å². The van der Waals surface area contributed by atoms with Crippen molar-refractivity contribution in [1.29, 1.82) is 0 Å². The molecule has 19 rings (SSSR count). The van der Waals surface area contributed by atoms with Gasteiger partial charge in [-0.2, -0.15) is 0 Å². The molecular weight excluding hydrogens is 1660 g/mol. The molecule has 12 aromatic heterocycles. The third kappa shape index (κ3) is 18.1. The average molecular weight is 1790 g/mol. The van der Waals surface area contributed by atoms with E-state index in [2.05, 4.69) is 242 Å². The fraction of sp³-hybridized carbons (Fsp3) is 0.325. The summed E-state index contributed by atoms with van der Waals surface area (Å²) in [6.07, 6.45) is 46.5. The molecule has 0 saturated heterocycles. The molecule has 12 heterocycles. The van der Waals surface area contributed by atoms with E-state index in [4.69, 9.17) is 44.9 Å². The monoisotopic (exact) mass is 1790 g/mol. The molecule has 3 aliphatic carbocycles. The molecule has 666 valence electrons. The molecule has 0 radical (unpaired) electrons. The summed E-state index contributed by atoms with van der Waals surface area (Å²) in [4.78, 5) is 52.5. The Morgan fingerprint density at radius 3 is 0.591 bits per heavy atom. The molecule has 9 nitrogen and oxygen atoms in total. The van der Waals surface area contributed by atoms with Crippen LogP contribution in [0.1, 0.15) is 268 Å². The molecule has 0 atom stereocenters. The summed E-state index contributed by atoms with van der Waals surface area (Å²) in [5.74, 6) is 0. The first-order chi connectivity index (χ1) is 65.1. The minimum Gasteiger partial charge on any atom is -0.255 e. The Bertz CT molecular complexity index is 5770. The van der Waals surface area contributed by atoms with Gasteiger partial charge in [0.2, 0.25) is 0 Å². The van der Waals surface area contributed by atoms with Gasteiger partial charge < -0.3 is 0 Å². The van der Waals surface area contributed by atoms with Crippen LogP contribution in [0, 0.1) is 0 Å². The minimum atomic E-state index is -0.323. The predicted molar refractivity (Wildman–Crippen MR) is 557 cm³/mol. The van der Waals surface area contributed by atoms with Crippen LogP contribution in [0.2, 0.25) is 0 Å². The van der Waals surface area contributed by atoms with E-state index in [0.29, 0.717) is 0 Å². The number of aromatic nitrogens is 9. The highest BCUT2D eigenvalue weighted by atomic mass is 32.1. The van der Waals surface area contributed by atoms with Crippen LogP contribution in [0.5, 0.6) is 0 Å². The number of benzene rings is 4. The minimum absolute atomic E-state index is 0.323. The first-order valence-electron chi connectivity index (χ1n) is 49.7. The number of nitrogens with zero attached hydrogens (tertiary/aromatic N) is 9. The zero-order chi connectivity index (χ0) is 89.8. The lowest BCUT2D eigenvalue weighted by atomic mass is 9.63. The van der Waals surface area contributed by atoms with Crippen LogP contribution in [-0.2, 0) is 16.2 Å². The Morgan fingerprint density at radius 2 is 0.402 bits per heavy atom.